The van der Waals surface area contributed by atoms with Crippen LogP contribution in [0.25, 0.3) is 0 Å². The van der Waals surface area contributed by atoms with Crippen LogP contribution in [0.4, 0.5) is 30.7 Å². The molecule has 11 heteroatoms. The van der Waals surface area contributed by atoms with Gasteiger partial charge >= 0.3 is 24.0 Å². The fourth-order valence-corrected chi connectivity index (χ4v) is 1.33. The summed E-state index contributed by atoms with van der Waals surface area (Å²) in [6.45, 7) is 0. The Morgan fingerprint density at radius 2 is 1.65 bits per heavy atom. The van der Waals surface area contributed by atoms with Crippen LogP contribution >= 0.6 is 0 Å². The molecule has 0 N–H and O–H groups in total. The first kappa shape index (κ1) is 18.7. The number of carbonyl (C=O) groups is 2. The number of hydrogen-bond donors (Lipinski definition) is 0. The van der Waals surface area contributed by atoms with Crippen molar-refractivity contribution in [2.24, 2.45) is 0 Å². The van der Waals surface area contributed by atoms with Gasteiger partial charge < -0.3 is 9.47 Å². The quantitative estimate of drug-likeness (QED) is 0.355. The van der Waals surface area contributed by atoms with Crippen molar-refractivity contribution in [2.75, 3.05) is 7.11 Å². The van der Waals surface area contributed by atoms with Crippen LogP contribution in [0.3, 0.4) is 0 Å². The number of halogens is 7. The van der Waals surface area contributed by atoms with Gasteiger partial charge in [-0.1, -0.05) is 0 Å². The lowest BCUT2D eigenvalue weighted by Crippen LogP contribution is -2.57. The van der Waals surface area contributed by atoms with Gasteiger partial charge in [-0.3, -0.25) is 4.79 Å². The second kappa shape index (κ2) is 6.05. The molecule has 0 aliphatic heterocycles. The maximum Gasteiger partial charge on any atom is 0.460 e. The van der Waals surface area contributed by atoms with Crippen LogP contribution in [0, 0.1) is 0 Å². The second-order valence-corrected chi connectivity index (χ2v) is 4.06. The first-order chi connectivity index (χ1) is 10.4. The Morgan fingerprint density at radius 3 is 2.09 bits per heavy atom. The maximum atomic E-state index is 13.1. The van der Waals surface area contributed by atoms with Crippen molar-refractivity contribution < 1.29 is 49.8 Å². The first-order valence-corrected chi connectivity index (χ1v) is 5.56. The number of aldehydes is 1. The molecule has 1 rings (SSSR count). The lowest BCUT2D eigenvalue weighted by molar-refractivity contribution is -0.346. The fraction of sp³-hybridized carbons (Fsp3) is 0.333. The van der Waals surface area contributed by atoms with Crippen molar-refractivity contribution in [1.82, 2.24) is 0 Å². The number of benzene rings is 1. The van der Waals surface area contributed by atoms with Crippen molar-refractivity contribution in [3.63, 3.8) is 0 Å². The summed E-state index contributed by atoms with van der Waals surface area (Å²) in [7, 11) is 1.06. The molecule has 0 saturated heterocycles. The average molecular weight is 348 g/mol. The number of carbonyl (C=O) groups excluding carboxylic acids is 2. The third-order valence-corrected chi connectivity index (χ3v) is 2.55. The monoisotopic (exact) mass is 348 g/mol. The Bertz CT molecular complexity index is 610. The number of hydrogen-bond acceptors (Lipinski definition) is 4. The van der Waals surface area contributed by atoms with Crippen LogP contribution in [-0.2, 0) is 4.79 Å². The molecule has 0 amide bonds. The van der Waals surface area contributed by atoms with Gasteiger partial charge in [0.25, 0.3) is 0 Å². The van der Waals surface area contributed by atoms with Crippen LogP contribution in [0.1, 0.15) is 10.4 Å². The summed E-state index contributed by atoms with van der Waals surface area (Å²) in [5, 5.41) is 0. The molecule has 0 spiro atoms. The average Bonchev–Trinajstić information content (AvgIpc) is 2.45. The van der Waals surface area contributed by atoms with Gasteiger partial charge in [-0.05, 0) is 12.1 Å². The van der Waals surface area contributed by atoms with Gasteiger partial charge in [-0.15, -0.1) is 0 Å². The first-order valence-electron chi connectivity index (χ1n) is 5.56. The van der Waals surface area contributed by atoms with Crippen LogP contribution in [0.2, 0.25) is 0 Å². The number of esters is 1. The Labute approximate surface area is 123 Å². The number of methoxy groups -OCH3 is 1. The molecule has 0 aliphatic carbocycles. The molecule has 0 bridgehead atoms. The molecule has 23 heavy (non-hydrogen) atoms. The smallest absolute Gasteiger partial charge is 0.460 e. The molecule has 0 radical (unpaired) electrons. The lowest BCUT2D eigenvalue weighted by atomic mass is 10.1. The predicted molar refractivity (Wildman–Crippen MR) is 60.0 cm³/mol. The van der Waals surface area contributed by atoms with Gasteiger partial charge in [0.05, 0.1) is 12.7 Å². The normalized spacial score (nSPS) is 12.7. The molecule has 0 atom stereocenters. The zero-order valence-corrected chi connectivity index (χ0v) is 11.1. The highest BCUT2D eigenvalue weighted by atomic mass is 19.4. The topological polar surface area (TPSA) is 52.6 Å². The van der Waals surface area contributed by atoms with Crippen molar-refractivity contribution in [3.8, 4) is 11.5 Å². The minimum absolute atomic E-state index is 0.0975. The standard InChI is InChI=1S/C12H7F7O4/c1-22-8-4-7(3-2-6(8)5-20)23-9(21)10(13,14)11(15,16)12(17,18)19/h2-5H,1H3. The van der Waals surface area contributed by atoms with E-state index in [1.54, 1.807) is 0 Å². The van der Waals surface area contributed by atoms with E-state index in [1.807, 2.05) is 0 Å². The highest BCUT2D eigenvalue weighted by Gasteiger charge is 2.77. The van der Waals surface area contributed by atoms with E-state index in [4.69, 9.17) is 0 Å². The van der Waals surface area contributed by atoms with Crippen LogP contribution < -0.4 is 9.47 Å². The largest absolute Gasteiger partial charge is 0.496 e. The molecule has 0 saturated carbocycles. The number of rotatable bonds is 5. The maximum absolute atomic E-state index is 13.1. The SMILES string of the molecule is COc1cc(OC(=O)C(F)(F)C(F)(F)C(F)(F)F)ccc1C=O. The summed E-state index contributed by atoms with van der Waals surface area (Å²) < 4.78 is 95.8. The van der Waals surface area contributed by atoms with E-state index in [1.165, 1.54) is 0 Å². The number of alkyl halides is 7. The van der Waals surface area contributed by atoms with Gasteiger partial charge in [0.1, 0.15) is 11.5 Å². The molecular weight excluding hydrogens is 341 g/mol. The third-order valence-electron chi connectivity index (χ3n) is 2.55. The summed E-state index contributed by atoms with van der Waals surface area (Å²) in [6, 6.07) is 2.36. The Hall–Kier alpha value is -2.33. The Kier molecular flexibility index (Phi) is 4.92. The molecule has 1 aromatic rings. The second-order valence-electron chi connectivity index (χ2n) is 4.06. The summed E-state index contributed by atoms with van der Waals surface area (Å²) in [6.07, 6.45) is -6.37. The molecule has 4 nitrogen and oxygen atoms in total. The molecule has 0 unspecified atom stereocenters. The van der Waals surface area contributed by atoms with E-state index >= 15 is 0 Å². The molecule has 0 aromatic heterocycles. The van der Waals surface area contributed by atoms with Gasteiger partial charge in [0, 0.05) is 6.07 Å². The van der Waals surface area contributed by atoms with E-state index in [0.717, 1.165) is 19.2 Å². The van der Waals surface area contributed by atoms with Crippen molar-refractivity contribution in [3.05, 3.63) is 23.8 Å². The summed E-state index contributed by atoms with van der Waals surface area (Å²) in [5.41, 5.74) is -0.0975. The van der Waals surface area contributed by atoms with Gasteiger partial charge in [-0.25, -0.2) is 4.79 Å². The molecule has 0 fully saturated rings. The molecule has 128 valence electrons. The summed E-state index contributed by atoms with van der Waals surface area (Å²) in [4.78, 5) is 21.6. The third kappa shape index (κ3) is 3.37. The van der Waals surface area contributed by atoms with Crippen molar-refractivity contribution in [2.45, 2.75) is 18.0 Å². The van der Waals surface area contributed by atoms with E-state index < -0.39 is 29.7 Å². The minimum Gasteiger partial charge on any atom is -0.496 e. The van der Waals surface area contributed by atoms with Gasteiger partial charge in [0.15, 0.2) is 6.29 Å². The van der Waals surface area contributed by atoms with Crippen LogP contribution in [0.15, 0.2) is 18.2 Å². The van der Waals surface area contributed by atoms with E-state index in [9.17, 15) is 40.3 Å². The van der Waals surface area contributed by atoms with Crippen molar-refractivity contribution in [1.29, 1.82) is 0 Å². The minimum atomic E-state index is -6.66. The Morgan fingerprint density at radius 1 is 1.09 bits per heavy atom. The Balaban J connectivity index is 3.10. The lowest BCUT2D eigenvalue weighted by Gasteiger charge is -2.26. The highest BCUT2D eigenvalue weighted by Crippen LogP contribution is 2.47. The van der Waals surface area contributed by atoms with E-state index in [0.29, 0.717) is 6.07 Å². The molecule has 1 aromatic carbocycles. The summed E-state index contributed by atoms with van der Waals surface area (Å²) in [5.74, 6) is -17.0. The zero-order chi connectivity index (χ0) is 18.1. The van der Waals surface area contributed by atoms with Gasteiger partial charge in [0.2, 0.25) is 0 Å². The molecular formula is C12H7F7O4. The molecule has 0 aliphatic rings. The predicted octanol–water partition coefficient (Wildman–Crippen LogP) is 3.25. The fourth-order valence-electron chi connectivity index (χ4n) is 1.33. The number of ether oxygens (including phenoxy) is 2. The van der Waals surface area contributed by atoms with Crippen LogP contribution in [0.5, 0.6) is 11.5 Å². The summed E-state index contributed by atoms with van der Waals surface area (Å²) >= 11 is 0. The van der Waals surface area contributed by atoms with E-state index in [2.05, 4.69) is 9.47 Å². The van der Waals surface area contributed by atoms with Gasteiger partial charge in [-0.2, -0.15) is 30.7 Å². The van der Waals surface area contributed by atoms with Crippen LogP contribution in [-0.4, -0.2) is 37.4 Å². The zero-order valence-electron chi connectivity index (χ0n) is 11.1. The van der Waals surface area contributed by atoms with E-state index in [-0.39, 0.29) is 17.6 Å². The highest BCUT2D eigenvalue weighted by molar-refractivity contribution is 5.83. The van der Waals surface area contributed by atoms with Crippen molar-refractivity contribution >= 4 is 12.3 Å². The molecule has 0 heterocycles.